The van der Waals surface area contributed by atoms with E-state index in [0.717, 1.165) is 16.5 Å². The van der Waals surface area contributed by atoms with Gasteiger partial charge in [0.25, 0.3) is 11.5 Å². The number of hydrogen-bond acceptors (Lipinski definition) is 5. The Bertz CT molecular complexity index is 2070. The Morgan fingerprint density at radius 1 is 0.867 bits per heavy atom. The fourth-order valence-corrected chi connectivity index (χ4v) is 5.53. The molecule has 0 radical (unpaired) electrons. The molecule has 4 aromatic carbocycles. The van der Waals surface area contributed by atoms with E-state index in [4.69, 9.17) is 9.47 Å². The highest BCUT2D eigenvalue weighted by molar-refractivity contribution is 6.05. The Morgan fingerprint density at radius 2 is 1.56 bits per heavy atom. The number of anilines is 1. The van der Waals surface area contributed by atoms with Crippen LogP contribution in [0.2, 0.25) is 0 Å². The van der Waals surface area contributed by atoms with E-state index in [-0.39, 0.29) is 17.7 Å². The van der Waals surface area contributed by atoms with Crippen molar-refractivity contribution in [2.45, 2.75) is 19.9 Å². The third kappa shape index (κ3) is 5.80. The van der Waals surface area contributed by atoms with Crippen molar-refractivity contribution >= 4 is 22.5 Å². The van der Waals surface area contributed by atoms with Gasteiger partial charge in [0, 0.05) is 29.8 Å². The fraction of sp³-hybridized carbons (Fsp3) is 0.139. The number of aromatic nitrogens is 3. The summed E-state index contributed by atoms with van der Waals surface area (Å²) in [7, 11) is 3.12. The van der Waals surface area contributed by atoms with Crippen molar-refractivity contribution in [1.29, 1.82) is 0 Å². The highest BCUT2D eigenvalue weighted by Gasteiger charge is 2.24. The van der Waals surface area contributed by atoms with Crippen molar-refractivity contribution in [3.63, 3.8) is 0 Å². The monoisotopic (exact) mass is 602 g/mol. The van der Waals surface area contributed by atoms with Gasteiger partial charge in [0.1, 0.15) is 11.4 Å². The lowest BCUT2D eigenvalue weighted by molar-refractivity contribution is 0.102. The molecule has 0 aliphatic heterocycles. The van der Waals surface area contributed by atoms with Gasteiger partial charge in [-0.15, -0.1) is 0 Å². The molecular formula is C36H31FN4O4. The number of carbonyl (C=O) groups excluding carboxylic acids is 1. The van der Waals surface area contributed by atoms with Gasteiger partial charge in [0.2, 0.25) is 0 Å². The molecule has 0 aliphatic carbocycles. The zero-order valence-corrected chi connectivity index (χ0v) is 25.1. The SMILES string of the molecule is COc1cc2nccc(Cc3ccc(NC(=O)c4c(C)n(Cc5ccccc5)n(-c5ccccc5)c4=O)cc3F)c2cc1OC. The minimum Gasteiger partial charge on any atom is -0.493 e. The second-order valence-electron chi connectivity index (χ2n) is 10.6. The fourth-order valence-electron chi connectivity index (χ4n) is 5.53. The van der Waals surface area contributed by atoms with E-state index in [1.165, 1.54) is 10.7 Å². The molecule has 9 heteroatoms. The van der Waals surface area contributed by atoms with Crippen molar-refractivity contribution in [3.8, 4) is 17.2 Å². The van der Waals surface area contributed by atoms with Crippen LogP contribution < -0.4 is 20.3 Å². The van der Waals surface area contributed by atoms with Gasteiger partial charge in [0.05, 0.1) is 37.7 Å². The van der Waals surface area contributed by atoms with Crippen LogP contribution >= 0.6 is 0 Å². The number of nitrogens with one attached hydrogen (secondary N) is 1. The van der Waals surface area contributed by atoms with Gasteiger partial charge >= 0.3 is 0 Å². The van der Waals surface area contributed by atoms with Crippen LogP contribution in [0, 0.1) is 12.7 Å². The second-order valence-corrected chi connectivity index (χ2v) is 10.6. The Balaban J connectivity index is 1.29. The molecule has 0 fully saturated rings. The maximum atomic E-state index is 15.5. The van der Waals surface area contributed by atoms with Crippen molar-refractivity contribution in [1.82, 2.24) is 14.3 Å². The number of pyridine rings is 1. The number of halogens is 1. The minimum absolute atomic E-state index is 0.00750. The van der Waals surface area contributed by atoms with Crippen LogP contribution in [0.5, 0.6) is 11.5 Å². The van der Waals surface area contributed by atoms with Gasteiger partial charge in [0.15, 0.2) is 11.5 Å². The number of nitrogens with zero attached hydrogens (tertiary/aromatic N) is 3. The van der Waals surface area contributed by atoms with Crippen LogP contribution in [0.1, 0.15) is 32.7 Å². The maximum Gasteiger partial charge on any atom is 0.284 e. The first-order valence-corrected chi connectivity index (χ1v) is 14.4. The predicted molar refractivity (Wildman–Crippen MR) is 172 cm³/mol. The van der Waals surface area contributed by atoms with Gasteiger partial charge < -0.3 is 14.8 Å². The summed E-state index contributed by atoms with van der Waals surface area (Å²) in [4.78, 5) is 31.7. The topological polar surface area (TPSA) is 87.4 Å². The molecule has 0 saturated heterocycles. The predicted octanol–water partition coefficient (Wildman–Crippen LogP) is 6.54. The molecule has 0 atom stereocenters. The standard InChI is InChI=1S/C36H31FN4O4/c1-23-34(36(43)41(28-12-8-5-9-13-28)40(23)22-24-10-6-4-7-11-24)35(42)39-27-15-14-26(30(37)19-27)18-25-16-17-38-31-21-33(45-3)32(44-2)20-29(25)31/h4-17,19-21H,18,22H2,1-3H3,(H,39,42). The molecule has 0 aliphatic rings. The zero-order valence-electron chi connectivity index (χ0n) is 25.1. The van der Waals surface area contributed by atoms with Crippen LogP contribution in [0.3, 0.4) is 0 Å². The molecular weight excluding hydrogens is 571 g/mol. The van der Waals surface area contributed by atoms with Crippen LogP contribution in [0.4, 0.5) is 10.1 Å². The summed E-state index contributed by atoms with van der Waals surface area (Å²) in [6.07, 6.45) is 1.96. The van der Waals surface area contributed by atoms with Crippen LogP contribution in [0.15, 0.2) is 108 Å². The molecule has 0 bridgehead atoms. The zero-order chi connectivity index (χ0) is 31.5. The Kier molecular flexibility index (Phi) is 8.16. The summed E-state index contributed by atoms with van der Waals surface area (Å²) in [6, 6.07) is 28.9. The van der Waals surface area contributed by atoms with E-state index in [0.29, 0.717) is 40.5 Å². The molecule has 1 N–H and O–H groups in total. The number of fused-ring (bicyclic) bond motifs is 1. The van der Waals surface area contributed by atoms with Crippen molar-refractivity contribution in [3.05, 3.63) is 147 Å². The molecule has 6 aromatic rings. The van der Waals surface area contributed by atoms with Gasteiger partial charge in [-0.05, 0) is 60.0 Å². The molecule has 2 heterocycles. The first-order chi connectivity index (χ1) is 21.9. The van der Waals surface area contributed by atoms with Crippen LogP contribution in [-0.2, 0) is 13.0 Å². The van der Waals surface area contributed by atoms with E-state index in [1.54, 1.807) is 50.2 Å². The molecule has 0 spiro atoms. The number of benzene rings is 4. The number of para-hydroxylation sites is 1. The number of methoxy groups -OCH3 is 2. The largest absolute Gasteiger partial charge is 0.493 e. The second kappa shape index (κ2) is 12.5. The maximum absolute atomic E-state index is 15.5. The third-order valence-corrected chi connectivity index (χ3v) is 7.83. The van der Waals surface area contributed by atoms with Crippen LogP contribution in [-0.4, -0.2) is 34.5 Å². The lowest BCUT2D eigenvalue weighted by Crippen LogP contribution is -2.26. The Morgan fingerprint density at radius 3 is 2.24 bits per heavy atom. The minimum atomic E-state index is -0.609. The average molecular weight is 603 g/mol. The average Bonchev–Trinajstić information content (AvgIpc) is 3.30. The molecule has 1 amide bonds. The molecule has 45 heavy (non-hydrogen) atoms. The van der Waals surface area contributed by atoms with E-state index >= 15 is 4.39 Å². The number of ether oxygens (including phenoxy) is 2. The number of rotatable bonds is 9. The molecule has 226 valence electrons. The van der Waals surface area contributed by atoms with E-state index in [9.17, 15) is 9.59 Å². The van der Waals surface area contributed by atoms with Crippen molar-refractivity contribution in [2.24, 2.45) is 0 Å². The third-order valence-electron chi connectivity index (χ3n) is 7.83. The highest BCUT2D eigenvalue weighted by Crippen LogP contribution is 2.33. The Hall–Kier alpha value is -5.70. The molecule has 2 aromatic heterocycles. The highest BCUT2D eigenvalue weighted by atomic mass is 19.1. The van der Waals surface area contributed by atoms with E-state index in [1.807, 2.05) is 72.8 Å². The first-order valence-electron chi connectivity index (χ1n) is 14.4. The summed E-state index contributed by atoms with van der Waals surface area (Å²) in [6.45, 7) is 2.13. The van der Waals surface area contributed by atoms with Crippen molar-refractivity contribution < 1.29 is 18.7 Å². The smallest absolute Gasteiger partial charge is 0.284 e. The van der Waals surface area contributed by atoms with Crippen molar-refractivity contribution in [2.75, 3.05) is 19.5 Å². The lowest BCUT2D eigenvalue weighted by atomic mass is 10.00. The Labute approximate surface area is 259 Å². The first kappa shape index (κ1) is 29.4. The number of amides is 1. The molecule has 8 nitrogen and oxygen atoms in total. The molecule has 0 saturated carbocycles. The number of carbonyl (C=O) groups is 1. The van der Waals surface area contributed by atoms with Gasteiger partial charge in [-0.1, -0.05) is 54.6 Å². The number of hydrogen-bond donors (Lipinski definition) is 1. The van der Waals surface area contributed by atoms with Gasteiger partial charge in [-0.2, -0.15) is 0 Å². The normalized spacial score (nSPS) is 11.0. The summed E-state index contributed by atoms with van der Waals surface area (Å²) < 4.78 is 29.6. The summed E-state index contributed by atoms with van der Waals surface area (Å²) in [5, 5.41) is 3.56. The summed E-state index contributed by atoms with van der Waals surface area (Å²) >= 11 is 0. The lowest BCUT2D eigenvalue weighted by Gasteiger charge is -2.14. The quantitative estimate of drug-likeness (QED) is 0.203. The van der Waals surface area contributed by atoms with Gasteiger partial charge in [-0.25, -0.2) is 9.07 Å². The molecule has 0 unspecified atom stereocenters. The van der Waals surface area contributed by atoms with Gasteiger partial charge in [-0.3, -0.25) is 19.3 Å². The summed E-state index contributed by atoms with van der Waals surface area (Å²) in [5.74, 6) is 0.0136. The summed E-state index contributed by atoms with van der Waals surface area (Å²) in [5.41, 5.74) is 3.88. The van der Waals surface area contributed by atoms with E-state index < -0.39 is 17.3 Å². The van der Waals surface area contributed by atoms with Crippen LogP contribution in [0.25, 0.3) is 16.6 Å². The van der Waals surface area contributed by atoms with E-state index in [2.05, 4.69) is 10.3 Å². The molecule has 6 rings (SSSR count).